The second-order valence-electron chi connectivity index (χ2n) is 8.60. The standard InChI is InChI=1S/C24H26ClN3O3/c1-14-12-24(2,3)28(4)19-11-18(25)16(9-17(14)19)13-26-27-23(29)21-10-15-7-6-8-20(30-5)22(15)31-21/h6-11,13-14H,12H2,1-5H3,(H,27,29)/b26-13-. The summed E-state index contributed by atoms with van der Waals surface area (Å²) >= 11 is 6.52. The fraction of sp³-hybridized carbons (Fsp3) is 0.333. The second kappa shape index (κ2) is 7.93. The van der Waals surface area contributed by atoms with Crippen molar-refractivity contribution in [1.29, 1.82) is 0 Å². The number of anilines is 1. The molecule has 1 aliphatic rings. The van der Waals surface area contributed by atoms with Crippen molar-refractivity contribution in [2.24, 2.45) is 5.10 Å². The average Bonchev–Trinajstić information content (AvgIpc) is 3.17. The highest BCUT2D eigenvalue weighted by atomic mass is 35.5. The van der Waals surface area contributed by atoms with Crippen LogP contribution >= 0.6 is 11.6 Å². The Bertz CT molecular complexity index is 1180. The maximum absolute atomic E-state index is 12.5. The van der Waals surface area contributed by atoms with Gasteiger partial charge in [0.05, 0.1) is 18.3 Å². The summed E-state index contributed by atoms with van der Waals surface area (Å²) in [5, 5.41) is 5.47. The highest BCUT2D eigenvalue weighted by Crippen LogP contribution is 2.44. The number of carbonyl (C=O) groups is 1. The number of methoxy groups -OCH3 is 1. The van der Waals surface area contributed by atoms with Crippen LogP contribution in [-0.4, -0.2) is 31.8 Å². The number of amides is 1. The number of rotatable bonds is 4. The van der Waals surface area contributed by atoms with Gasteiger partial charge in [-0.25, -0.2) is 5.43 Å². The molecule has 6 nitrogen and oxygen atoms in total. The van der Waals surface area contributed by atoms with E-state index in [2.05, 4.69) is 49.3 Å². The van der Waals surface area contributed by atoms with Crippen LogP contribution in [0.15, 0.2) is 45.9 Å². The fourth-order valence-electron chi connectivity index (χ4n) is 4.23. The molecule has 31 heavy (non-hydrogen) atoms. The molecule has 1 atom stereocenters. The van der Waals surface area contributed by atoms with E-state index < -0.39 is 5.91 Å². The Morgan fingerprint density at radius 1 is 1.35 bits per heavy atom. The number of furan rings is 1. The SMILES string of the molecule is COc1cccc2cc(C(=O)N/N=C\c3cc4c(cc3Cl)N(C)C(C)(C)CC4C)oc12. The quantitative estimate of drug-likeness (QED) is 0.425. The highest BCUT2D eigenvalue weighted by molar-refractivity contribution is 6.33. The van der Waals surface area contributed by atoms with Crippen molar-refractivity contribution in [3.8, 4) is 5.75 Å². The van der Waals surface area contributed by atoms with Crippen LogP contribution in [0, 0.1) is 0 Å². The summed E-state index contributed by atoms with van der Waals surface area (Å²) in [6.07, 6.45) is 2.61. The zero-order chi connectivity index (χ0) is 22.3. The number of para-hydroxylation sites is 1. The number of nitrogens with one attached hydrogen (secondary N) is 1. The molecule has 1 aromatic heterocycles. The monoisotopic (exact) mass is 439 g/mol. The van der Waals surface area contributed by atoms with Crippen LogP contribution in [0.5, 0.6) is 5.75 Å². The molecule has 1 aliphatic heterocycles. The van der Waals surface area contributed by atoms with Gasteiger partial charge >= 0.3 is 5.91 Å². The number of halogens is 1. The smallest absolute Gasteiger partial charge is 0.307 e. The fourth-order valence-corrected chi connectivity index (χ4v) is 4.43. The molecule has 2 heterocycles. The Balaban J connectivity index is 1.54. The zero-order valence-electron chi connectivity index (χ0n) is 18.3. The third-order valence-corrected chi connectivity index (χ3v) is 6.40. The molecule has 1 N–H and O–H groups in total. The summed E-state index contributed by atoms with van der Waals surface area (Å²) in [5.41, 5.74) is 6.22. The highest BCUT2D eigenvalue weighted by Gasteiger charge is 2.34. The number of carbonyl (C=O) groups excluding carboxylic acids is 1. The summed E-state index contributed by atoms with van der Waals surface area (Å²) < 4.78 is 10.9. The van der Waals surface area contributed by atoms with E-state index >= 15 is 0 Å². The van der Waals surface area contributed by atoms with Gasteiger partial charge in [-0.05, 0) is 56.0 Å². The van der Waals surface area contributed by atoms with Gasteiger partial charge in [0.2, 0.25) is 0 Å². The van der Waals surface area contributed by atoms with E-state index in [1.54, 1.807) is 25.5 Å². The van der Waals surface area contributed by atoms with Crippen molar-refractivity contribution in [2.75, 3.05) is 19.1 Å². The Labute approximate surface area is 186 Å². The summed E-state index contributed by atoms with van der Waals surface area (Å²) in [7, 11) is 3.65. The van der Waals surface area contributed by atoms with E-state index in [0.29, 0.717) is 22.3 Å². The lowest BCUT2D eigenvalue weighted by Crippen LogP contribution is -2.45. The molecule has 0 fully saturated rings. The molecule has 0 saturated heterocycles. The van der Waals surface area contributed by atoms with E-state index in [-0.39, 0.29) is 11.3 Å². The first-order valence-corrected chi connectivity index (χ1v) is 10.6. The van der Waals surface area contributed by atoms with Crippen LogP contribution in [0.25, 0.3) is 11.0 Å². The van der Waals surface area contributed by atoms with Crippen molar-refractivity contribution >= 4 is 40.4 Å². The van der Waals surface area contributed by atoms with Crippen molar-refractivity contribution in [1.82, 2.24) is 5.43 Å². The molecular weight excluding hydrogens is 414 g/mol. The van der Waals surface area contributed by atoms with Gasteiger partial charge in [0.25, 0.3) is 0 Å². The molecule has 1 unspecified atom stereocenters. The average molecular weight is 440 g/mol. The Morgan fingerprint density at radius 2 is 2.13 bits per heavy atom. The van der Waals surface area contributed by atoms with Gasteiger partial charge in [-0.15, -0.1) is 0 Å². The number of nitrogens with zero attached hydrogens (tertiary/aromatic N) is 2. The lowest BCUT2D eigenvalue weighted by atomic mass is 9.80. The number of hydrazone groups is 1. The van der Waals surface area contributed by atoms with Crippen molar-refractivity contribution < 1.29 is 13.9 Å². The van der Waals surface area contributed by atoms with Crippen LogP contribution in [0.4, 0.5) is 5.69 Å². The first-order chi connectivity index (χ1) is 14.7. The third kappa shape index (κ3) is 3.88. The van der Waals surface area contributed by atoms with Gasteiger partial charge in [0.15, 0.2) is 17.1 Å². The molecule has 1 amide bonds. The Kier molecular flexibility index (Phi) is 5.43. The molecule has 0 saturated carbocycles. The summed E-state index contributed by atoms with van der Waals surface area (Å²) in [5.74, 6) is 0.679. The summed E-state index contributed by atoms with van der Waals surface area (Å²) in [6, 6.07) is 11.2. The van der Waals surface area contributed by atoms with Gasteiger partial charge in [0, 0.05) is 29.2 Å². The molecule has 7 heteroatoms. The minimum Gasteiger partial charge on any atom is -0.493 e. The van der Waals surface area contributed by atoms with Gasteiger partial charge in [-0.1, -0.05) is 30.7 Å². The molecule has 2 aromatic carbocycles. The minimum absolute atomic E-state index is 0.0641. The second-order valence-corrected chi connectivity index (χ2v) is 9.00. The predicted molar refractivity (Wildman–Crippen MR) is 125 cm³/mol. The zero-order valence-corrected chi connectivity index (χ0v) is 19.1. The van der Waals surface area contributed by atoms with Gasteiger partial charge in [-0.2, -0.15) is 5.10 Å². The number of hydrogen-bond acceptors (Lipinski definition) is 5. The number of benzene rings is 2. The largest absolute Gasteiger partial charge is 0.493 e. The van der Waals surface area contributed by atoms with E-state index in [1.165, 1.54) is 5.56 Å². The van der Waals surface area contributed by atoms with Gasteiger partial charge in [-0.3, -0.25) is 4.79 Å². The van der Waals surface area contributed by atoms with Crippen molar-refractivity contribution in [3.05, 3.63) is 58.3 Å². The van der Waals surface area contributed by atoms with Crippen LogP contribution in [0.2, 0.25) is 5.02 Å². The first kappa shape index (κ1) is 21.2. The molecule has 162 valence electrons. The first-order valence-electron chi connectivity index (χ1n) is 10.2. The van der Waals surface area contributed by atoms with Crippen molar-refractivity contribution in [3.63, 3.8) is 0 Å². The van der Waals surface area contributed by atoms with E-state index in [1.807, 2.05) is 18.2 Å². The number of hydrogen-bond donors (Lipinski definition) is 1. The molecule has 3 aromatic rings. The van der Waals surface area contributed by atoms with Crippen molar-refractivity contribution in [2.45, 2.75) is 38.6 Å². The maximum atomic E-state index is 12.5. The lowest BCUT2D eigenvalue weighted by Gasteiger charge is -2.45. The third-order valence-electron chi connectivity index (χ3n) is 6.07. The van der Waals surface area contributed by atoms with E-state index in [4.69, 9.17) is 20.8 Å². The summed E-state index contributed by atoms with van der Waals surface area (Å²) in [4.78, 5) is 14.8. The van der Waals surface area contributed by atoms with Crippen LogP contribution in [0.1, 0.15) is 54.8 Å². The van der Waals surface area contributed by atoms with Crippen LogP contribution in [-0.2, 0) is 0 Å². The molecular formula is C24H26ClN3O3. The normalized spacial score (nSPS) is 17.7. The van der Waals surface area contributed by atoms with E-state index in [0.717, 1.165) is 23.1 Å². The summed E-state index contributed by atoms with van der Waals surface area (Å²) in [6.45, 7) is 6.69. The molecule has 0 bridgehead atoms. The maximum Gasteiger partial charge on any atom is 0.307 e. The van der Waals surface area contributed by atoms with Crippen LogP contribution < -0.4 is 15.1 Å². The Hall–Kier alpha value is -2.99. The molecule has 0 spiro atoms. The number of fused-ring (bicyclic) bond motifs is 2. The minimum atomic E-state index is -0.446. The molecule has 0 aliphatic carbocycles. The topological polar surface area (TPSA) is 67.1 Å². The Morgan fingerprint density at radius 3 is 2.87 bits per heavy atom. The van der Waals surface area contributed by atoms with E-state index in [9.17, 15) is 4.79 Å². The van der Waals surface area contributed by atoms with Gasteiger partial charge in [0.1, 0.15) is 0 Å². The predicted octanol–water partition coefficient (Wildman–Crippen LogP) is 5.58. The lowest BCUT2D eigenvalue weighted by molar-refractivity contribution is 0.0929. The molecule has 0 radical (unpaired) electrons. The number of ether oxygens (including phenoxy) is 1. The van der Waals surface area contributed by atoms with Gasteiger partial charge < -0.3 is 14.1 Å². The van der Waals surface area contributed by atoms with Crippen LogP contribution in [0.3, 0.4) is 0 Å². The molecule has 4 rings (SSSR count).